The molecule has 0 bridgehead atoms. The molecule has 1 N–H and O–H groups in total. The minimum atomic E-state index is -0.556. The lowest BCUT2D eigenvalue weighted by Gasteiger charge is -2.15. The lowest BCUT2D eigenvalue weighted by molar-refractivity contribution is -0.150. The second kappa shape index (κ2) is 7.73. The fourth-order valence-electron chi connectivity index (χ4n) is 3.09. The SMILES string of the molecule is CC[C@@H](C)c1ccc(NC(=O)COC(=O)C2(c3ccccc3)CC2)cc1. The Kier molecular flexibility index (Phi) is 5.40. The summed E-state index contributed by atoms with van der Waals surface area (Å²) in [4.78, 5) is 24.5. The number of esters is 1. The minimum Gasteiger partial charge on any atom is -0.455 e. The van der Waals surface area contributed by atoms with Gasteiger partial charge in [-0.1, -0.05) is 56.3 Å². The molecular formula is C22H25NO3. The van der Waals surface area contributed by atoms with Gasteiger partial charge in [-0.3, -0.25) is 9.59 Å². The lowest BCUT2D eigenvalue weighted by atomic mass is 9.96. The first-order valence-electron chi connectivity index (χ1n) is 9.18. The van der Waals surface area contributed by atoms with E-state index in [-0.39, 0.29) is 18.5 Å². The van der Waals surface area contributed by atoms with Crippen LogP contribution in [-0.2, 0) is 19.7 Å². The second-order valence-electron chi connectivity index (χ2n) is 7.00. The summed E-state index contributed by atoms with van der Waals surface area (Å²) >= 11 is 0. The summed E-state index contributed by atoms with van der Waals surface area (Å²) in [6.45, 7) is 4.06. The van der Waals surface area contributed by atoms with Gasteiger partial charge in [0.2, 0.25) is 0 Å². The summed E-state index contributed by atoms with van der Waals surface area (Å²) in [7, 11) is 0. The van der Waals surface area contributed by atoms with Crippen molar-refractivity contribution in [1.82, 2.24) is 0 Å². The summed E-state index contributed by atoms with van der Waals surface area (Å²) in [6, 6.07) is 17.4. The quantitative estimate of drug-likeness (QED) is 0.752. The zero-order valence-corrected chi connectivity index (χ0v) is 15.3. The zero-order valence-electron chi connectivity index (χ0n) is 15.3. The molecule has 1 aliphatic rings. The summed E-state index contributed by atoms with van der Waals surface area (Å²) in [5.41, 5.74) is 2.36. The van der Waals surface area contributed by atoms with Crippen LogP contribution in [-0.4, -0.2) is 18.5 Å². The average Bonchev–Trinajstić information content (AvgIpc) is 3.49. The van der Waals surface area contributed by atoms with Crippen LogP contribution in [0, 0.1) is 0 Å². The number of benzene rings is 2. The molecule has 0 saturated heterocycles. The van der Waals surface area contributed by atoms with Crippen LogP contribution < -0.4 is 5.32 Å². The first kappa shape index (κ1) is 18.2. The Morgan fingerprint density at radius 1 is 1.08 bits per heavy atom. The summed E-state index contributed by atoms with van der Waals surface area (Å²) in [5.74, 6) is -0.141. The summed E-state index contributed by atoms with van der Waals surface area (Å²) in [5, 5.41) is 2.78. The molecule has 0 aliphatic heterocycles. The highest BCUT2D eigenvalue weighted by atomic mass is 16.5. The van der Waals surface area contributed by atoms with Crippen molar-refractivity contribution < 1.29 is 14.3 Å². The molecule has 4 nitrogen and oxygen atoms in total. The molecule has 3 rings (SSSR count). The molecule has 1 fully saturated rings. The number of rotatable bonds is 7. The van der Waals surface area contributed by atoms with Gasteiger partial charge in [0.25, 0.3) is 5.91 Å². The molecule has 1 aliphatic carbocycles. The Morgan fingerprint density at radius 2 is 1.73 bits per heavy atom. The van der Waals surface area contributed by atoms with Crippen LogP contribution >= 0.6 is 0 Å². The number of anilines is 1. The standard InChI is InChI=1S/C22H25NO3/c1-3-16(2)17-9-11-19(12-10-17)23-20(24)15-26-21(25)22(13-14-22)18-7-5-4-6-8-18/h4-12,16H,3,13-15H2,1-2H3,(H,23,24)/t16-/m1/s1. The van der Waals surface area contributed by atoms with Gasteiger partial charge in [-0.15, -0.1) is 0 Å². The van der Waals surface area contributed by atoms with Crippen LogP contribution in [0.2, 0.25) is 0 Å². The van der Waals surface area contributed by atoms with Gasteiger partial charge < -0.3 is 10.1 Å². The molecule has 1 amide bonds. The van der Waals surface area contributed by atoms with Crippen LogP contribution in [0.15, 0.2) is 54.6 Å². The molecule has 136 valence electrons. The van der Waals surface area contributed by atoms with Gasteiger partial charge in [0.15, 0.2) is 6.61 Å². The monoisotopic (exact) mass is 351 g/mol. The van der Waals surface area contributed by atoms with E-state index in [1.807, 2.05) is 54.6 Å². The molecule has 0 unspecified atom stereocenters. The summed E-state index contributed by atoms with van der Waals surface area (Å²) < 4.78 is 5.29. The van der Waals surface area contributed by atoms with Crippen molar-refractivity contribution in [2.24, 2.45) is 0 Å². The zero-order chi connectivity index (χ0) is 18.6. The van der Waals surface area contributed by atoms with Gasteiger partial charge in [0.1, 0.15) is 0 Å². The normalized spacial score (nSPS) is 15.8. The van der Waals surface area contributed by atoms with E-state index in [1.165, 1.54) is 5.56 Å². The predicted molar refractivity (Wildman–Crippen MR) is 102 cm³/mol. The van der Waals surface area contributed by atoms with E-state index in [0.29, 0.717) is 11.6 Å². The van der Waals surface area contributed by atoms with Crippen molar-refractivity contribution >= 4 is 17.6 Å². The van der Waals surface area contributed by atoms with Crippen molar-refractivity contribution in [3.63, 3.8) is 0 Å². The van der Waals surface area contributed by atoms with Crippen LogP contribution in [0.3, 0.4) is 0 Å². The topological polar surface area (TPSA) is 55.4 Å². The number of carbonyl (C=O) groups excluding carboxylic acids is 2. The first-order chi connectivity index (χ1) is 12.5. The highest BCUT2D eigenvalue weighted by Crippen LogP contribution is 2.49. The molecule has 0 radical (unpaired) electrons. The Balaban J connectivity index is 1.52. The molecule has 1 atom stereocenters. The Hall–Kier alpha value is -2.62. The molecule has 2 aromatic rings. The van der Waals surface area contributed by atoms with E-state index in [1.54, 1.807) is 0 Å². The van der Waals surface area contributed by atoms with Crippen LogP contribution in [0.25, 0.3) is 0 Å². The van der Waals surface area contributed by atoms with Gasteiger partial charge in [0.05, 0.1) is 5.41 Å². The molecule has 26 heavy (non-hydrogen) atoms. The molecule has 0 spiro atoms. The van der Waals surface area contributed by atoms with Gasteiger partial charge in [0, 0.05) is 5.69 Å². The Bertz CT molecular complexity index is 764. The maximum Gasteiger partial charge on any atom is 0.317 e. The number of hydrogen-bond donors (Lipinski definition) is 1. The molecule has 0 aromatic heterocycles. The van der Waals surface area contributed by atoms with Crippen molar-refractivity contribution in [2.75, 3.05) is 11.9 Å². The number of hydrogen-bond acceptors (Lipinski definition) is 3. The van der Waals surface area contributed by atoms with Crippen molar-refractivity contribution in [3.8, 4) is 0 Å². The molecule has 2 aromatic carbocycles. The number of amides is 1. The van der Waals surface area contributed by atoms with Crippen molar-refractivity contribution in [3.05, 3.63) is 65.7 Å². The van der Waals surface area contributed by atoms with E-state index in [9.17, 15) is 9.59 Å². The van der Waals surface area contributed by atoms with E-state index in [2.05, 4.69) is 19.2 Å². The fraction of sp³-hybridized carbons (Fsp3) is 0.364. The third kappa shape index (κ3) is 3.96. The highest BCUT2D eigenvalue weighted by molar-refractivity contribution is 5.94. The second-order valence-corrected chi connectivity index (χ2v) is 7.00. The molecule has 0 heterocycles. The fourth-order valence-corrected chi connectivity index (χ4v) is 3.09. The van der Waals surface area contributed by atoms with Crippen LogP contribution in [0.5, 0.6) is 0 Å². The number of ether oxygens (including phenoxy) is 1. The van der Waals surface area contributed by atoms with E-state index >= 15 is 0 Å². The number of carbonyl (C=O) groups is 2. The lowest BCUT2D eigenvalue weighted by Crippen LogP contribution is -2.28. The maximum absolute atomic E-state index is 12.4. The highest BCUT2D eigenvalue weighted by Gasteiger charge is 2.52. The molecule has 1 saturated carbocycles. The Labute approximate surface area is 154 Å². The molecular weight excluding hydrogens is 326 g/mol. The van der Waals surface area contributed by atoms with Gasteiger partial charge in [-0.05, 0) is 48.4 Å². The van der Waals surface area contributed by atoms with Crippen molar-refractivity contribution in [2.45, 2.75) is 44.4 Å². The van der Waals surface area contributed by atoms with Gasteiger partial charge in [-0.25, -0.2) is 0 Å². The Morgan fingerprint density at radius 3 is 2.31 bits per heavy atom. The number of nitrogens with one attached hydrogen (secondary N) is 1. The predicted octanol–water partition coefficient (Wildman–Crippen LogP) is 4.41. The van der Waals surface area contributed by atoms with Gasteiger partial charge >= 0.3 is 5.97 Å². The third-order valence-corrected chi connectivity index (χ3v) is 5.18. The van der Waals surface area contributed by atoms with Gasteiger partial charge in [-0.2, -0.15) is 0 Å². The smallest absolute Gasteiger partial charge is 0.317 e. The third-order valence-electron chi connectivity index (χ3n) is 5.18. The maximum atomic E-state index is 12.4. The van der Waals surface area contributed by atoms with E-state index in [0.717, 1.165) is 24.8 Å². The first-order valence-corrected chi connectivity index (χ1v) is 9.18. The average molecular weight is 351 g/mol. The largest absolute Gasteiger partial charge is 0.455 e. The van der Waals surface area contributed by atoms with Crippen molar-refractivity contribution in [1.29, 1.82) is 0 Å². The summed E-state index contributed by atoms with van der Waals surface area (Å²) in [6.07, 6.45) is 2.62. The van der Waals surface area contributed by atoms with Crippen LogP contribution in [0.4, 0.5) is 5.69 Å². The molecule has 4 heteroatoms. The minimum absolute atomic E-state index is 0.263. The van der Waals surface area contributed by atoms with E-state index in [4.69, 9.17) is 4.74 Å². The van der Waals surface area contributed by atoms with E-state index < -0.39 is 5.41 Å². The van der Waals surface area contributed by atoms with Crippen LogP contribution in [0.1, 0.15) is 50.2 Å².